The second kappa shape index (κ2) is 6.01. The van der Waals surface area contributed by atoms with Crippen LogP contribution in [0.4, 0.5) is 0 Å². The van der Waals surface area contributed by atoms with Crippen LogP contribution < -0.4 is 9.47 Å². The molecule has 114 valence electrons. The van der Waals surface area contributed by atoms with Crippen molar-refractivity contribution < 1.29 is 14.3 Å². The molecule has 0 aromatic heterocycles. The van der Waals surface area contributed by atoms with Gasteiger partial charge in [-0.25, -0.2) is 0 Å². The van der Waals surface area contributed by atoms with E-state index in [9.17, 15) is 4.79 Å². The lowest BCUT2D eigenvalue weighted by atomic mass is 10.1. The van der Waals surface area contributed by atoms with Gasteiger partial charge in [0.2, 0.25) is 0 Å². The second-order valence-corrected chi connectivity index (χ2v) is 5.89. The zero-order valence-electron chi connectivity index (χ0n) is 12.4. The molecule has 2 aromatic carbocycles. The first kappa shape index (κ1) is 14.9. The first-order valence-corrected chi connectivity index (χ1v) is 7.71. The first-order valence-electron chi connectivity index (χ1n) is 6.92. The zero-order chi connectivity index (χ0) is 15.7. The van der Waals surface area contributed by atoms with E-state index in [-0.39, 0.29) is 5.91 Å². The molecule has 0 atom stereocenters. The van der Waals surface area contributed by atoms with Crippen molar-refractivity contribution in [1.29, 1.82) is 0 Å². The Morgan fingerprint density at radius 2 is 1.91 bits per heavy atom. The molecule has 1 aliphatic rings. The Balaban J connectivity index is 1.95. The van der Waals surface area contributed by atoms with E-state index in [1.165, 1.54) is 0 Å². The summed E-state index contributed by atoms with van der Waals surface area (Å²) in [5.74, 6) is 1.19. The molecule has 1 amide bonds. The van der Waals surface area contributed by atoms with E-state index in [1.54, 1.807) is 20.3 Å². The Labute approximate surface area is 137 Å². The highest BCUT2D eigenvalue weighted by Gasteiger charge is 2.32. The summed E-state index contributed by atoms with van der Waals surface area (Å²) in [6.45, 7) is 1.15. The summed E-state index contributed by atoms with van der Waals surface area (Å²) >= 11 is 3.54. The minimum Gasteiger partial charge on any atom is -0.493 e. The third kappa shape index (κ3) is 2.46. The molecule has 0 radical (unpaired) electrons. The molecule has 0 spiro atoms. The molecule has 4 nitrogen and oxygen atoms in total. The van der Waals surface area contributed by atoms with E-state index in [0.29, 0.717) is 30.2 Å². The highest BCUT2D eigenvalue weighted by Crippen LogP contribution is 2.43. The summed E-state index contributed by atoms with van der Waals surface area (Å²) in [6.07, 6.45) is 0. The van der Waals surface area contributed by atoms with Crippen molar-refractivity contribution in [2.75, 3.05) is 14.2 Å². The molecule has 0 N–H and O–H groups in total. The summed E-state index contributed by atoms with van der Waals surface area (Å²) < 4.78 is 11.5. The van der Waals surface area contributed by atoms with Gasteiger partial charge in [-0.15, -0.1) is 0 Å². The fourth-order valence-corrected chi connectivity index (χ4v) is 3.40. The number of halogens is 1. The number of nitrogens with zero attached hydrogens (tertiary/aromatic N) is 1. The number of fused-ring (bicyclic) bond motifs is 1. The van der Waals surface area contributed by atoms with Crippen molar-refractivity contribution in [3.8, 4) is 11.5 Å². The van der Waals surface area contributed by atoms with E-state index in [1.807, 2.05) is 35.2 Å². The van der Waals surface area contributed by atoms with Crippen molar-refractivity contribution in [2.24, 2.45) is 0 Å². The lowest BCUT2D eigenvalue weighted by molar-refractivity contribution is 0.0766. The Bertz CT molecular complexity index is 716. The maximum atomic E-state index is 12.6. The zero-order valence-corrected chi connectivity index (χ0v) is 14.0. The summed E-state index contributed by atoms with van der Waals surface area (Å²) in [7, 11) is 3.16. The highest BCUT2D eigenvalue weighted by molar-refractivity contribution is 9.10. The highest BCUT2D eigenvalue weighted by atomic mass is 79.9. The van der Waals surface area contributed by atoms with Gasteiger partial charge < -0.3 is 14.4 Å². The second-order valence-electron chi connectivity index (χ2n) is 5.10. The Kier molecular flexibility index (Phi) is 4.07. The molecular formula is C17H16BrNO3. The Morgan fingerprint density at radius 3 is 2.55 bits per heavy atom. The van der Waals surface area contributed by atoms with Gasteiger partial charge in [0.15, 0.2) is 11.5 Å². The van der Waals surface area contributed by atoms with Gasteiger partial charge in [-0.3, -0.25) is 4.79 Å². The molecule has 0 saturated heterocycles. The maximum Gasteiger partial charge on any atom is 0.254 e. The van der Waals surface area contributed by atoms with Gasteiger partial charge in [0.25, 0.3) is 5.91 Å². The third-order valence-corrected chi connectivity index (χ3v) is 4.63. The van der Waals surface area contributed by atoms with Gasteiger partial charge in [-0.1, -0.05) is 30.3 Å². The van der Waals surface area contributed by atoms with Crippen molar-refractivity contribution in [3.63, 3.8) is 0 Å². The standard InChI is InChI=1S/C17H16BrNO3/c1-21-14-8-12-13(15(18)16(14)22-2)10-19(17(12)20)9-11-6-4-3-5-7-11/h3-8H,9-10H2,1-2H3. The topological polar surface area (TPSA) is 38.8 Å². The minimum absolute atomic E-state index is 0.0144. The fraction of sp³-hybridized carbons (Fsp3) is 0.235. The molecular weight excluding hydrogens is 346 g/mol. The number of methoxy groups -OCH3 is 2. The minimum atomic E-state index is 0.0144. The number of hydrogen-bond donors (Lipinski definition) is 0. The van der Waals surface area contributed by atoms with Crippen LogP contribution >= 0.6 is 15.9 Å². The average Bonchev–Trinajstić information content (AvgIpc) is 2.85. The van der Waals surface area contributed by atoms with E-state index >= 15 is 0 Å². The van der Waals surface area contributed by atoms with Crippen LogP contribution in [0.2, 0.25) is 0 Å². The smallest absolute Gasteiger partial charge is 0.254 e. The Morgan fingerprint density at radius 1 is 1.18 bits per heavy atom. The largest absolute Gasteiger partial charge is 0.493 e. The monoisotopic (exact) mass is 361 g/mol. The number of amides is 1. The van der Waals surface area contributed by atoms with Crippen LogP contribution in [-0.4, -0.2) is 25.0 Å². The van der Waals surface area contributed by atoms with Gasteiger partial charge in [-0.05, 0) is 27.6 Å². The van der Waals surface area contributed by atoms with Crippen LogP contribution in [0.3, 0.4) is 0 Å². The van der Waals surface area contributed by atoms with Crippen LogP contribution in [0.1, 0.15) is 21.5 Å². The van der Waals surface area contributed by atoms with Crippen molar-refractivity contribution >= 4 is 21.8 Å². The van der Waals surface area contributed by atoms with E-state index in [4.69, 9.17) is 9.47 Å². The summed E-state index contributed by atoms with van der Waals surface area (Å²) in [5.41, 5.74) is 2.72. The molecule has 1 heterocycles. The molecule has 3 rings (SSSR count). The first-order chi connectivity index (χ1) is 10.7. The number of ether oxygens (including phenoxy) is 2. The average molecular weight is 362 g/mol. The number of benzene rings is 2. The van der Waals surface area contributed by atoms with Crippen LogP contribution in [0, 0.1) is 0 Å². The summed E-state index contributed by atoms with van der Waals surface area (Å²) in [6, 6.07) is 11.7. The number of hydrogen-bond acceptors (Lipinski definition) is 3. The summed E-state index contributed by atoms with van der Waals surface area (Å²) in [4.78, 5) is 14.5. The van der Waals surface area contributed by atoms with Crippen LogP contribution in [-0.2, 0) is 13.1 Å². The van der Waals surface area contributed by atoms with Crippen LogP contribution in [0.15, 0.2) is 40.9 Å². The van der Waals surface area contributed by atoms with E-state index in [0.717, 1.165) is 15.6 Å². The quantitative estimate of drug-likeness (QED) is 0.834. The molecule has 2 aromatic rings. The van der Waals surface area contributed by atoms with Crippen molar-refractivity contribution in [1.82, 2.24) is 4.90 Å². The lowest BCUT2D eigenvalue weighted by Crippen LogP contribution is -2.23. The SMILES string of the molecule is COc1cc2c(c(Br)c1OC)CN(Cc1ccccc1)C2=O. The van der Waals surface area contributed by atoms with Gasteiger partial charge in [0, 0.05) is 24.2 Å². The van der Waals surface area contributed by atoms with E-state index < -0.39 is 0 Å². The van der Waals surface area contributed by atoms with Crippen LogP contribution in [0.5, 0.6) is 11.5 Å². The van der Waals surface area contributed by atoms with Crippen molar-refractivity contribution in [2.45, 2.75) is 13.1 Å². The molecule has 0 unspecified atom stereocenters. The molecule has 0 bridgehead atoms. The number of carbonyl (C=O) groups excluding carboxylic acids is 1. The van der Waals surface area contributed by atoms with Gasteiger partial charge in [0.1, 0.15) is 0 Å². The number of rotatable bonds is 4. The normalized spacial score (nSPS) is 13.2. The maximum absolute atomic E-state index is 12.6. The fourth-order valence-electron chi connectivity index (χ4n) is 2.70. The number of carbonyl (C=O) groups is 1. The lowest BCUT2D eigenvalue weighted by Gasteiger charge is -2.15. The molecule has 0 aliphatic carbocycles. The third-order valence-electron chi connectivity index (χ3n) is 3.80. The molecule has 0 saturated carbocycles. The van der Waals surface area contributed by atoms with Crippen molar-refractivity contribution in [3.05, 3.63) is 57.6 Å². The van der Waals surface area contributed by atoms with Gasteiger partial charge >= 0.3 is 0 Å². The molecule has 22 heavy (non-hydrogen) atoms. The predicted molar refractivity (Wildman–Crippen MR) is 87.3 cm³/mol. The summed E-state index contributed by atoms with van der Waals surface area (Å²) in [5, 5.41) is 0. The molecule has 5 heteroatoms. The van der Waals surface area contributed by atoms with Gasteiger partial charge in [-0.2, -0.15) is 0 Å². The predicted octanol–water partition coefficient (Wildman–Crippen LogP) is 3.62. The Hall–Kier alpha value is -2.01. The molecule has 0 fully saturated rings. The van der Waals surface area contributed by atoms with Crippen LogP contribution in [0.25, 0.3) is 0 Å². The van der Waals surface area contributed by atoms with Gasteiger partial charge in [0.05, 0.1) is 18.7 Å². The van der Waals surface area contributed by atoms with E-state index in [2.05, 4.69) is 15.9 Å². The molecule has 1 aliphatic heterocycles.